The van der Waals surface area contributed by atoms with Gasteiger partial charge in [-0.15, -0.1) is 0 Å². The van der Waals surface area contributed by atoms with Gasteiger partial charge in [0.2, 0.25) is 0 Å². The molecule has 0 saturated heterocycles. The van der Waals surface area contributed by atoms with Gasteiger partial charge in [0.25, 0.3) is 0 Å². The van der Waals surface area contributed by atoms with E-state index in [1.54, 1.807) is 13.8 Å². The summed E-state index contributed by atoms with van der Waals surface area (Å²) < 4.78 is 39.3. The SMILES string of the molecule is CC1(C)CC(=O)C(c2ccc(N)cc2C(F)(F)F)C(=O)C1. The van der Waals surface area contributed by atoms with E-state index in [0.29, 0.717) is 0 Å². The maximum absolute atomic E-state index is 13.1. The minimum absolute atomic E-state index is 0.0536. The average molecular weight is 299 g/mol. The molecule has 1 aliphatic rings. The first-order valence-corrected chi connectivity index (χ1v) is 6.53. The Morgan fingerprint density at radius 1 is 1.14 bits per heavy atom. The molecule has 1 fully saturated rings. The molecule has 0 aliphatic heterocycles. The van der Waals surface area contributed by atoms with Crippen LogP contribution >= 0.6 is 0 Å². The number of nitrogen functional groups attached to an aromatic ring is 1. The summed E-state index contributed by atoms with van der Waals surface area (Å²) in [6.07, 6.45) is -4.48. The Hall–Kier alpha value is -1.85. The van der Waals surface area contributed by atoms with Crippen LogP contribution in [0.2, 0.25) is 0 Å². The molecule has 0 amide bonds. The predicted molar refractivity (Wildman–Crippen MR) is 71.6 cm³/mol. The zero-order valence-electron chi connectivity index (χ0n) is 11.8. The third kappa shape index (κ3) is 3.09. The number of benzene rings is 1. The molecule has 0 aromatic heterocycles. The van der Waals surface area contributed by atoms with Crippen molar-refractivity contribution < 1.29 is 22.8 Å². The summed E-state index contributed by atoms with van der Waals surface area (Å²) >= 11 is 0. The van der Waals surface area contributed by atoms with Crippen molar-refractivity contribution in [2.45, 2.75) is 38.8 Å². The quantitative estimate of drug-likeness (QED) is 0.639. The van der Waals surface area contributed by atoms with Crippen molar-refractivity contribution in [3.8, 4) is 0 Å². The molecule has 0 radical (unpaired) electrons. The van der Waals surface area contributed by atoms with Crippen LogP contribution in [0.5, 0.6) is 0 Å². The summed E-state index contributed by atoms with van der Waals surface area (Å²) in [7, 11) is 0. The van der Waals surface area contributed by atoms with E-state index in [4.69, 9.17) is 5.73 Å². The molecule has 3 nitrogen and oxygen atoms in total. The Morgan fingerprint density at radius 2 is 1.67 bits per heavy atom. The number of nitrogens with two attached hydrogens (primary N) is 1. The Morgan fingerprint density at radius 3 is 2.14 bits per heavy atom. The molecule has 114 valence electrons. The Bertz CT molecular complexity index is 585. The third-order valence-electron chi connectivity index (χ3n) is 3.64. The Kier molecular flexibility index (Phi) is 3.59. The lowest BCUT2D eigenvalue weighted by atomic mass is 9.69. The predicted octanol–water partition coefficient (Wildman–Crippen LogP) is 3.33. The van der Waals surface area contributed by atoms with Crippen molar-refractivity contribution in [1.29, 1.82) is 0 Å². The molecule has 1 aliphatic carbocycles. The lowest BCUT2D eigenvalue weighted by molar-refractivity contribution is -0.140. The molecular formula is C15H16F3NO2. The minimum atomic E-state index is -4.65. The first kappa shape index (κ1) is 15.5. The smallest absolute Gasteiger partial charge is 0.399 e. The first-order chi connectivity index (χ1) is 9.51. The minimum Gasteiger partial charge on any atom is -0.399 e. The van der Waals surface area contributed by atoms with Gasteiger partial charge in [-0.25, -0.2) is 0 Å². The second-order valence-electron chi connectivity index (χ2n) is 6.23. The monoisotopic (exact) mass is 299 g/mol. The van der Waals surface area contributed by atoms with Gasteiger partial charge in [0.1, 0.15) is 17.5 Å². The van der Waals surface area contributed by atoms with Crippen LogP contribution in [-0.2, 0) is 15.8 Å². The zero-order chi connectivity index (χ0) is 16.0. The van der Waals surface area contributed by atoms with Gasteiger partial charge in [0.05, 0.1) is 5.56 Å². The molecule has 2 N–H and O–H groups in total. The highest BCUT2D eigenvalue weighted by atomic mass is 19.4. The van der Waals surface area contributed by atoms with E-state index in [9.17, 15) is 22.8 Å². The standard InChI is InChI=1S/C15H16F3NO2/c1-14(2)6-11(20)13(12(21)7-14)9-4-3-8(19)5-10(9)15(16,17)18/h3-5,13H,6-7,19H2,1-2H3. The maximum atomic E-state index is 13.1. The number of carbonyl (C=O) groups is 2. The maximum Gasteiger partial charge on any atom is 0.416 e. The fourth-order valence-corrected chi connectivity index (χ4v) is 2.81. The van der Waals surface area contributed by atoms with Crippen LogP contribution in [0, 0.1) is 5.41 Å². The van der Waals surface area contributed by atoms with Crippen molar-refractivity contribution in [1.82, 2.24) is 0 Å². The van der Waals surface area contributed by atoms with Crippen LogP contribution in [0.15, 0.2) is 18.2 Å². The van der Waals surface area contributed by atoms with E-state index in [1.807, 2.05) is 0 Å². The van der Waals surface area contributed by atoms with Gasteiger partial charge in [0, 0.05) is 18.5 Å². The fraction of sp³-hybridized carbons (Fsp3) is 0.467. The van der Waals surface area contributed by atoms with Crippen molar-refractivity contribution in [2.24, 2.45) is 5.41 Å². The third-order valence-corrected chi connectivity index (χ3v) is 3.64. The van der Waals surface area contributed by atoms with E-state index in [1.165, 1.54) is 6.07 Å². The molecular weight excluding hydrogens is 283 g/mol. The number of ketones is 2. The number of anilines is 1. The van der Waals surface area contributed by atoms with Crippen LogP contribution in [0.25, 0.3) is 0 Å². The highest BCUT2D eigenvalue weighted by molar-refractivity contribution is 6.10. The van der Waals surface area contributed by atoms with Crippen LogP contribution in [-0.4, -0.2) is 11.6 Å². The van der Waals surface area contributed by atoms with E-state index in [2.05, 4.69) is 0 Å². The summed E-state index contributed by atoms with van der Waals surface area (Å²) in [6, 6.07) is 3.19. The van der Waals surface area contributed by atoms with Gasteiger partial charge in [-0.1, -0.05) is 19.9 Å². The van der Waals surface area contributed by atoms with E-state index < -0.39 is 34.6 Å². The molecule has 1 aromatic carbocycles. The van der Waals surface area contributed by atoms with E-state index >= 15 is 0 Å². The molecule has 6 heteroatoms. The normalized spacial score (nSPS) is 19.9. The van der Waals surface area contributed by atoms with Gasteiger partial charge < -0.3 is 5.73 Å². The van der Waals surface area contributed by atoms with Gasteiger partial charge in [-0.2, -0.15) is 13.2 Å². The lowest BCUT2D eigenvalue weighted by Gasteiger charge is -2.33. The fourth-order valence-electron chi connectivity index (χ4n) is 2.81. The van der Waals surface area contributed by atoms with Gasteiger partial charge in [0.15, 0.2) is 0 Å². The van der Waals surface area contributed by atoms with Crippen molar-refractivity contribution >= 4 is 17.3 Å². The lowest BCUT2D eigenvalue weighted by Crippen LogP contribution is -2.37. The molecule has 0 bridgehead atoms. The number of halogens is 3. The molecule has 21 heavy (non-hydrogen) atoms. The topological polar surface area (TPSA) is 60.2 Å². The van der Waals surface area contributed by atoms with Crippen LogP contribution in [0.3, 0.4) is 0 Å². The van der Waals surface area contributed by atoms with Crippen LogP contribution in [0.1, 0.15) is 43.7 Å². The molecule has 1 saturated carbocycles. The largest absolute Gasteiger partial charge is 0.416 e. The summed E-state index contributed by atoms with van der Waals surface area (Å²) in [6.45, 7) is 3.51. The summed E-state index contributed by atoms with van der Waals surface area (Å²) in [5.74, 6) is -2.27. The number of hydrogen-bond donors (Lipinski definition) is 1. The summed E-state index contributed by atoms with van der Waals surface area (Å²) in [4.78, 5) is 24.3. The second-order valence-corrected chi connectivity index (χ2v) is 6.23. The molecule has 0 unspecified atom stereocenters. The molecule has 2 rings (SSSR count). The van der Waals surface area contributed by atoms with Gasteiger partial charge in [-0.05, 0) is 23.1 Å². The first-order valence-electron chi connectivity index (χ1n) is 6.53. The number of rotatable bonds is 1. The van der Waals surface area contributed by atoms with Gasteiger partial charge in [-0.3, -0.25) is 9.59 Å². The van der Waals surface area contributed by atoms with Crippen LogP contribution in [0.4, 0.5) is 18.9 Å². The molecule has 1 aromatic rings. The van der Waals surface area contributed by atoms with Gasteiger partial charge >= 0.3 is 6.18 Å². The van der Waals surface area contributed by atoms with Crippen molar-refractivity contribution in [3.05, 3.63) is 29.3 Å². The molecule has 0 atom stereocenters. The van der Waals surface area contributed by atoms with E-state index in [0.717, 1.165) is 12.1 Å². The Balaban J connectivity index is 2.52. The average Bonchev–Trinajstić information content (AvgIpc) is 2.26. The number of Topliss-reactive ketones (excluding diaryl/α,β-unsaturated/α-hetero) is 2. The highest BCUT2D eigenvalue weighted by Gasteiger charge is 2.44. The number of carbonyl (C=O) groups excluding carboxylic acids is 2. The number of alkyl halides is 3. The number of hydrogen-bond acceptors (Lipinski definition) is 3. The van der Waals surface area contributed by atoms with Crippen molar-refractivity contribution in [3.63, 3.8) is 0 Å². The Labute approximate surface area is 120 Å². The highest BCUT2D eigenvalue weighted by Crippen LogP contribution is 2.42. The zero-order valence-corrected chi connectivity index (χ0v) is 11.8. The summed E-state index contributed by atoms with van der Waals surface area (Å²) in [5, 5.41) is 0. The van der Waals surface area contributed by atoms with Crippen molar-refractivity contribution in [2.75, 3.05) is 5.73 Å². The molecule has 0 heterocycles. The molecule has 0 spiro atoms. The summed E-state index contributed by atoms with van der Waals surface area (Å²) in [5.41, 5.74) is 3.54. The second kappa shape index (κ2) is 4.86. The van der Waals surface area contributed by atoms with E-state index in [-0.39, 0.29) is 24.1 Å². The van der Waals surface area contributed by atoms with Crippen LogP contribution < -0.4 is 5.73 Å².